The number of aliphatic imine (C=N–C) groups is 1. The van der Waals surface area contributed by atoms with Crippen LogP contribution in [0.25, 0.3) is 0 Å². The molecule has 0 amide bonds. The zero-order valence-corrected chi connectivity index (χ0v) is 18.4. The molecular weight excluding hydrogens is 469 g/mol. The molecule has 0 aliphatic rings. The summed E-state index contributed by atoms with van der Waals surface area (Å²) in [7, 11) is 3.04. The van der Waals surface area contributed by atoms with Gasteiger partial charge in [-0.05, 0) is 5.92 Å². The van der Waals surface area contributed by atoms with Gasteiger partial charge >= 0.3 is 5.97 Å². The molecule has 0 fully saturated rings. The second-order valence-electron chi connectivity index (χ2n) is 5.58. The van der Waals surface area contributed by atoms with Crippen molar-refractivity contribution >= 4 is 47.2 Å². The molecule has 0 aromatic carbocycles. The molecule has 0 bridgehead atoms. The van der Waals surface area contributed by atoms with E-state index in [0.29, 0.717) is 30.7 Å². The zero-order chi connectivity index (χ0) is 18.2. The van der Waals surface area contributed by atoms with Crippen LogP contribution in [-0.4, -0.2) is 46.1 Å². The summed E-state index contributed by atoms with van der Waals surface area (Å²) in [5, 5.41) is 17.3. The number of nitrogens with one attached hydrogen (secondary N) is 2. The summed E-state index contributed by atoms with van der Waals surface area (Å²) in [5.41, 5.74) is 1.80. The van der Waals surface area contributed by atoms with Gasteiger partial charge in [-0.25, -0.2) is 9.67 Å². The molecule has 0 spiro atoms. The third kappa shape index (κ3) is 6.86. The molecule has 0 radical (unpaired) electrons. The molecule has 2 aromatic heterocycles. The Morgan fingerprint density at radius 1 is 1.38 bits per heavy atom. The second-order valence-corrected chi connectivity index (χ2v) is 6.53. The number of hydrogen-bond donors (Lipinski definition) is 2. The molecule has 26 heavy (non-hydrogen) atoms. The van der Waals surface area contributed by atoms with E-state index in [1.807, 2.05) is 0 Å². The summed E-state index contributed by atoms with van der Waals surface area (Å²) >= 11 is 1.63. The summed E-state index contributed by atoms with van der Waals surface area (Å²) < 4.78 is 6.02. The zero-order valence-electron chi connectivity index (χ0n) is 15.2. The number of carbonyl (C=O) groups excluding carboxylic acids is 1. The van der Waals surface area contributed by atoms with E-state index in [4.69, 9.17) is 0 Å². The highest BCUT2D eigenvalue weighted by molar-refractivity contribution is 14.0. The number of halogens is 1. The van der Waals surface area contributed by atoms with E-state index in [2.05, 4.69) is 54.9 Å². The van der Waals surface area contributed by atoms with E-state index in [1.165, 1.54) is 11.8 Å². The Labute approximate surface area is 173 Å². The van der Waals surface area contributed by atoms with Gasteiger partial charge in [0.15, 0.2) is 5.96 Å². The smallest absolute Gasteiger partial charge is 0.327 e. The molecule has 0 unspecified atom stereocenters. The Morgan fingerprint density at radius 2 is 2.12 bits per heavy atom. The maximum Gasteiger partial charge on any atom is 0.327 e. The third-order valence-electron chi connectivity index (χ3n) is 3.33. The van der Waals surface area contributed by atoms with Crippen LogP contribution in [0.4, 0.5) is 0 Å². The number of guanidine groups is 1. The second kappa shape index (κ2) is 11.1. The van der Waals surface area contributed by atoms with Crippen LogP contribution < -0.4 is 10.6 Å². The summed E-state index contributed by atoms with van der Waals surface area (Å²) in [5.74, 6) is 0.699. The van der Waals surface area contributed by atoms with Gasteiger partial charge in [-0.1, -0.05) is 19.1 Å². The first-order chi connectivity index (χ1) is 12.0. The molecule has 2 N–H and O–H groups in total. The lowest BCUT2D eigenvalue weighted by Gasteiger charge is -2.09. The molecule has 0 aliphatic heterocycles. The number of thiazole rings is 1. The standard InChI is InChI=1S/C15H23N7O2S.HI/c1-10(2)12-9-25-13(19-12)6-18-15(16-3)17-5-11-7-22(21-20-11)8-14(23)24-4;/h7,9-10H,5-6,8H2,1-4H3,(H2,16,17,18);1H. The van der Waals surface area contributed by atoms with Gasteiger partial charge in [-0.2, -0.15) is 0 Å². The summed E-state index contributed by atoms with van der Waals surface area (Å²) in [4.78, 5) is 20.0. The number of aromatic nitrogens is 4. The largest absolute Gasteiger partial charge is 0.468 e. The van der Waals surface area contributed by atoms with Crippen molar-refractivity contribution in [2.45, 2.75) is 39.4 Å². The van der Waals surface area contributed by atoms with E-state index in [0.717, 1.165) is 10.7 Å². The van der Waals surface area contributed by atoms with Gasteiger partial charge in [0.25, 0.3) is 0 Å². The van der Waals surface area contributed by atoms with E-state index in [-0.39, 0.29) is 36.5 Å². The van der Waals surface area contributed by atoms with Crippen molar-refractivity contribution in [2.75, 3.05) is 14.2 Å². The predicted octanol–water partition coefficient (Wildman–Crippen LogP) is 1.51. The summed E-state index contributed by atoms with van der Waals surface area (Å²) in [6, 6.07) is 0. The summed E-state index contributed by atoms with van der Waals surface area (Å²) in [6.07, 6.45) is 1.69. The van der Waals surface area contributed by atoms with Crippen LogP contribution in [0.3, 0.4) is 0 Å². The minimum absolute atomic E-state index is 0. The first kappa shape index (κ1) is 22.3. The molecule has 0 saturated carbocycles. The molecule has 0 atom stereocenters. The Balaban J connectivity index is 0.00000338. The van der Waals surface area contributed by atoms with Gasteiger partial charge < -0.3 is 15.4 Å². The molecule has 144 valence electrons. The van der Waals surface area contributed by atoms with E-state index in [1.54, 1.807) is 24.6 Å². The van der Waals surface area contributed by atoms with Crippen molar-refractivity contribution in [3.8, 4) is 0 Å². The highest BCUT2D eigenvalue weighted by atomic mass is 127. The molecule has 2 rings (SSSR count). The molecular formula is C15H24IN7O2S. The van der Waals surface area contributed by atoms with Gasteiger partial charge in [-0.3, -0.25) is 9.79 Å². The number of hydrogen-bond acceptors (Lipinski definition) is 7. The van der Waals surface area contributed by atoms with Crippen molar-refractivity contribution in [1.82, 2.24) is 30.6 Å². The number of esters is 1. The van der Waals surface area contributed by atoms with Gasteiger partial charge in [0, 0.05) is 12.4 Å². The van der Waals surface area contributed by atoms with E-state index in [9.17, 15) is 4.79 Å². The van der Waals surface area contributed by atoms with Crippen molar-refractivity contribution in [1.29, 1.82) is 0 Å². The van der Waals surface area contributed by atoms with Gasteiger partial charge in [-0.15, -0.1) is 40.4 Å². The first-order valence-electron chi connectivity index (χ1n) is 7.86. The molecule has 0 aliphatic carbocycles. The Hall–Kier alpha value is -1.76. The van der Waals surface area contributed by atoms with Crippen LogP contribution in [0.2, 0.25) is 0 Å². The minimum Gasteiger partial charge on any atom is -0.468 e. The van der Waals surface area contributed by atoms with Gasteiger partial charge in [0.2, 0.25) is 0 Å². The first-order valence-corrected chi connectivity index (χ1v) is 8.74. The van der Waals surface area contributed by atoms with Crippen LogP contribution in [0.15, 0.2) is 16.6 Å². The fourth-order valence-corrected chi connectivity index (χ4v) is 2.81. The fourth-order valence-electron chi connectivity index (χ4n) is 1.92. The Bertz CT molecular complexity index is 729. The molecule has 11 heteroatoms. The molecule has 0 saturated heterocycles. The maximum atomic E-state index is 11.2. The Kier molecular flexibility index (Phi) is 9.48. The monoisotopic (exact) mass is 493 g/mol. The van der Waals surface area contributed by atoms with Gasteiger partial charge in [0.05, 0.1) is 32.1 Å². The van der Waals surface area contributed by atoms with E-state index >= 15 is 0 Å². The number of carbonyl (C=O) groups is 1. The lowest BCUT2D eigenvalue weighted by Crippen LogP contribution is -2.36. The maximum absolute atomic E-state index is 11.2. The minimum atomic E-state index is -0.369. The van der Waals surface area contributed by atoms with Crippen LogP contribution >= 0.6 is 35.3 Å². The van der Waals surface area contributed by atoms with Crippen molar-refractivity contribution in [3.63, 3.8) is 0 Å². The van der Waals surface area contributed by atoms with Crippen LogP contribution in [-0.2, 0) is 29.2 Å². The van der Waals surface area contributed by atoms with Crippen molar-refractivity contribution < 1.29 is 9.53 Å². The average molecular weight is 493 g/mol. The molecule has 2 aromatic rings. The lowest BCUT2D eigenvalue weighted by molar-refractivity contribution is -0.141. The van der Waals surface area contributed by atoms with Crippen molar-refractivity contribution in [3.05, 3.63) is 28.0 Å². The highest BCUT2D eigenvalue weighted by Crippen LogP contribution is 2.17. The lowest BCUT2D eigenvalue weighted by atomic mass is 10.2. The normalized spacial score (nSPS) is 11.2. The Morgan fingerprint density at radius 3 is 2.73 bits per heavy atom. The fraction of sp³-hybridized carbons (Fsp3) is 0.533. The highest BCUT2D eigenvalue weighted by Gasteiger charge is 2.08. The number of ether oxygens (including phenoxy) is 1. The SMILES string of the molecule is CN=C(NCc1cn(CC(=O)OC)nn1)NCc1nc(C(C)C)cs1.I. The predicted molar refractivity (Wildman–Crippen MR) is 111 cm³/mol. The number of methoxy groups -OCH3 is 1. The number of rotatable bonds is 7. The van der Waals surface area contributed by atoms with Crippen LogP contribution in [0, 0.1) is 0 Å². The van der Waals surface area contributed by atoms with Gasteiger partial charge in [0.1, 0.15) is 17.2 Å². The van der Waals surface area contributed by atoms with Crippen LogP contribution in [0.1, 0.15) is 36.2 Å². The third-order valence-corrected chi connectivity index (χ3v) is 4.20. The quantitative estimate of drug-likeness (QED) is 0.261. The molecule has 9 nitrogen and oxygen atoms in total. The van der Waals surface area contributed by atoms with E-state index < -0.39 is 0 Å². The number of nitrogens with zero attached hydrogens (tertiary/aromatic N) is 5. The molecule has 2 heterocycles. The van der Waals surface area contributed by atoms with Crippen LogP contribution in [0.5, 0.6) is 0 Å². The van der Waals surface area contributed by atoms with Crippen molar-refractivity contribution in [2.24, 2.45) is 4.99 Å². The topological polar surface area (TPSA) is 106 Å². The average Bonchev–Trinajstić information content (AvgIpc) is 3.24. The summed E-state index contributed by atoms with van der Waals surface area (Å²) in [6.45, 7) is 5.33.